The summed E-state index contributed by atoms with van der Waals surface area (Å²) in [6.45, 7) is 4.91. The number of phenolic OH excluding ortho intramolecular Hbond substituents is 1. The van der Waals surface area contributed by atoms with Crippen LogP contribution in [0, 0.1) is 0 Å². The fourth-order valence-corrected chi connectivity index (χ4v) is 3.89. The summed E-state index contributed by atoms with van der Waals surface area (Å²) in [5.74, 6) is 0.303. The van der Waals surface area contributed by atoms with Crippen molar-refractivity contribution in [3.05, 3.63) is 95.6 Å². The molecule has 0 fully saturated rings. The Labute approximate surface area is 199 Å². The van der Waals surface area contributed by atoms with Crippen LogP contribution < -0.4 is 16.0 Å². The zero-order chi connectivity index (χ0) is 23.0. The molecule has 4 N–H and O–H groups in total. The van der Waals surface area contributed by atoms with Crippen LogP contribution >= 0.6 is 0 Å². The maximum absolute atomic E-state index is 10.1. The van der Waals surface area contributed by atoms with Gasteiger partial charge in [-0.3, -0.25) is 0 Å². The maximum Gasteiger partial charge on any atom is 0.138 e. The highest BCUT2D eigenvalue weighted by molar-refractivity contribution is 5.57. The monoisotopic (exact) mass is 445 g/mol. The van der Waals surface area contributed by atoms with Crippen LogP contribution in [0.1, 0.15) is 42.4 Å². The molecule has 0 spiro atoms. The van der Waals surface area contributed by atoms with Crippen LogP contribution in [0.3, 0.4) is 0 Å². The Bertz CT molecular complexity index is 899. The number of unbranched alkanes of at least 4 members (excludes halogenated alkanes) is 3. The summed E-state index contributed by atoms with van der Waals surface area (Å²) < 4.78 is 0. The normalized spacial score (nSPS) is 10.9. The van der Waals surface area contributed by atoms with Crippen molar-refractivity contribution < 1.29 is 5.11 Å². The molecule has 0 aliphatic carbocycles. The predicted molar refractivity (Wildman–Crippen MR) is 140 cm³/mol. The molecule has 0 aliphatic rings. The molecule has 33 heavy (non-hydrogen) atoms. The minimum absolute atomic E-state index is 0.303. The summed E-state index contributed by atoms with van der Waals surface area (Å²) in [7, 11) is 0. The van der Waals surface area contributed by atoms with E-state index in [1.807, 2.05) is 24.3 Å². The van der Waals surface area contributed by atoms with Crippen molar-refractivity contribution in [3.8, 4) is 5.75 Å². The summed E-state index contributed by atoms with van der Waals surface area (Å²) in [6.07, 6.45) is 7.11. The summed E-state index contributed by atoms with van der Waals surface area (Å²) in [4.78, 5) is 0. The minimum atomic E-state index is 0.303. The van der Waals surface area contributed by atoms with Crippen LogP contribution in [0.5, 0.6) is 5.75 Å². The van der Waals surface area contributed by atoms with Gasteiger partial charge in [0.15, 0.2) is 0 Å². The van der Waals surface area contributed by atoms with E-state index in [2.05, 4.69) is 64.5 Å². The third-order valence-corrected chi connectivity index (χ3v) is 5.87. The molecule has 3 aromatic carbocycles. The van der Waals surface area contributed by atoms with Gasteiger partial charge < -0.3 is 21.1 Å². The lowest BCUT2D eigenvalue weighted by molar-refractivity contribution is 0.477. The Morgan fingerprint density at radius 1 is 0.545 bits per heavy atom. The smallest absolute Gasteiger partial charge is 0.138 e. The van der Waals surface area contributed by atoms with Crippen molar-refractivity contribution in [2.45, 2.75) is 45.1 Å². The van der Waals surface area contributed by atoms with E-state index in [1.54, 1.807) is 6.07 Å². The van der Waals surface area contributed by atoms with Gasteiger partial charge >= 0.3 is 0 Å². The molecular formula is C29H39N3O. The molecule has 0 saturated carbocycles. The number of hydrogen-bond donors (Lipinski definition) is 4. The van der Waals surface area contributed by atoms with Gasteiger partial charge in [-0.25, -0.2) is 0 Å². The van der Waals surface area contributed by atoms with Crippen molar-refractivity contribution in [1.82, 2.24) is 10.6 Å². The lowest BCUT2D eigenvalue weighted by Gasteiger charge is -2.11. The van der Waals surface area contributed by atoms with E-state index in [0.717, 1.165) is 44.7 Å². The molecule has 0 aliphatic heterocycles. The van der Waals surface area contributed by atoms with Crippen molar-refractivity contribution in [1.29, 1.82) is 0 Å². The van der Waals surface area contributed by atoms with E-state index in [9.17, 15) is 5.11 Å². The Morgan fingerprint density at radius 2 is 1.12 bits per heavy atom. The summed E-state index contributed by atoms with van der Waals surface area (Å²) in [6, 6.07) is 26.8. The second-order valence-electron chi connectivity index (χ2n) is 8.59. The van der Waals surface area contributed by atoms with Crippen LogP contribution in [0.2, 0.25) is 0 Å². The number of phenols is 1. The topological polar surface area (TPSA) is 56.3 Å². The van der Waals surface area contributed by atoms with Gasteiger partial charge in [-0.05, 0) is 80.7 Å². The number of benzene rings is 3. The third kappa shape index (κ3) is 10.1. The first kappa shape index (κ1) is 24.8. The Kier molecular flexibility index (Phi) is 11.4. The van der Waals surface area contributed by atoms with E-state index < -0.39 is 0 Å². The van der Waals surface area contributed by atoms with Crippen LogP contribution in [0.4, 0.5) is 5.69 Å². The molecule has 0 bridgehead atoms. The zero-order valence-electron chi connectivity index (χ0n) is 19.7. The molecule has 4 heteroatoms. The SMILES string of the molecule is Oc1ccc(CCNCCCCCCNCCc2ccccc2)cc1NCc1ccccc1. The predicted octanol–water partition coefficient (Wildman–Crippen LogP) is 5.53. The van der Waals surface area contributed by atoms with Gasteiger partial charge in [0.1, 0.15) is 5.75 Å². The average molecular weight is 446 g/mol. The van der Waals surface area contributed by atoms with E-state index in [0.29, 0.717) is 12.3 Å². The number of anilines is 1. The van der Waals surface area contributed by atoms with Gasteiger partial charge in [-0.1, -0.05) is 79.6 Å². The molecular weight excluding hydrogens is 406 g/mol. The Morgan fingerprint density at radius 3 is 1.76 bits per heavy atom. The highest BCUT2D eigenvalue weighted by Gasteiger charge is 2.03. The van der Waals surface area contributed by atoms with Gasteiger partial charge in [0, 0.05) is 6.54 Å². The van der Waals surface area contributed by atoms with Gasteiger partial charge in [0.2, 0.25) is 0 Å². The minimum Gasteiger partial charge on any atom is -0.506 e. The molecule has 0 unspecified atom stereocenters. The molecule has 0 aromatic heterocycles. The van der Waals surface area contributed by atoms with Gasteiger partial charge in [-0.2, -0.15) is 0 Å². The van der Waals surface area contributed by atoms with Crippen LogP contribution in [0.15, 0.2) is 78.9 Å². The quantitative estimate of drug-likeness (QED) is 0.173. The van der Waals surface area contributed by atoms with Crippen molar-refractivity contribution in [3.63, 3.8) is 0 Å². The third-order valence-electron chi connectivity index (χ3n) is 5.87. The maximum atomic E-state index is 10.1. The van der Waals surface area contributed by atoms with Gasteiger partial charge in [-0.15, -0.1) is 0 Å². The first-order chi connectivity index (χ1) is 16.3. The Balaban J connectivity index is 1.18. The van der Waals surface area contributed by atoms with Crippen LogP contribution in [-0.2, 0) is 19.4 Å². The molecule has 4 nitrogen and oxygen atoms in total. The molecule has 0 amide bonds. The van der Waals surface area contributed by atoms with Gasteiger partial charge in [0.05, 0.1) is 5.69 Å². The van der Waals surface area contributed by atoms with E-state index in [-0.39, 0.29) is 0 Å². The highest BCUT2D eigenvalue weighted by Crippen LogP contribution is 2.25. The molecule has 0 heterocycles. The molecule has 0 radical (unpaired) electrons. The van der Waals surface area contributed by atoms with Gasteiger partial charge in [0.25, 0.3) is 0 Å². The molecule has 0 saturated heterocycles. The summed E-state index contributed by atoms with van der Waals surface area (Å²) in [5.41, 5.74) is 4.64. The lowest BCUT2D eigenvalue weighted by atomic mass is 10.1. The van der Waals surface area contributed by atoms with Crippen molar-refractivity contribution in [2.75, 3.05) is 31.5 Å². The number of aromatic hydroxyl groups is 1. The number of hydrogen-bond acceptors (Lipinski definition) is 4. The second kappa shape index (κ2) is 15.1. The first-order valence-electron chi connectivity index (χ1n) is 12.4. The number of rotatable bonds is 16. The summed E-state index contributed by atoms with van der Waals surface area (Å²) in [5, 5.41) is 20.6. The largest absolute Gasteiger partial charge is 0.506 e. The van der Waals surface area contributed by atoms with E-state index >= 15 is 0 Å². The Hall–Kier alpha value is -2.82. The van der Waals surface area contributed by atoms with Crippen molar-refractivity contribution >= 4 is 5.69 Å². The van der Waals surface area contributed by atoms with Crippen LogP contribution in [0.25, 0.3) is 0 Å². The van der Waals surface area contributed by atoms with Crippen molar-refractivity contribution in [2.24, 2.45) is 0 Å². The number of nitrogens with one attached hydrogen (secondary N) is 3. The highest BCUT2D eigenvalue weighted by atomic mass is 16.3. The molecule has 3 rings (SSSR count). The van der Waals surface area contributed by atoms with Crippen LogP contribution in [-0.4, -0.2) is 31.3 Å². The fourth-order valence-electron chi connectivity index (χ4n) is 3.89. The first-order valence-corrected chi connectivity index (χ1v) is 12.4. The second-order valence-corrected chi connectivity index (χ2v) is 8.59. The van der Waals surface area contributed by atoms with E-state index in [1.165, 1.54) is 42.4 Å². The standard InChI is InChI=1S/C29H39N3O/c33-29-16-15-26(23-28(29)32-24-27-13-7-4-8-14-27)18-22-31-20-10-2-1-9-19-30-21-17-25-11-5-3-6-12-25/h3-8,11-16,23,30-33H,1-2,9-10,17-22,24H2. The zero-order valence-corrected chi connectivity index (χ0v) is 19.7. The molecule has 176 valence electrons. The lowest BCUT2D eigenvalue weighted by Crippen LogP contribution is -2.19. The molecule has 3 aromatic rings. The van der Waals surface area contributed by atoms with E-state index in [4.69, 9.17) is 0 Å². The molecule has 0 atom stereocenters. The summed E-state index contributed by atoms with van der Waals surface area (Å²) >= 11 is 0. The fraction of sp³-hybridized carbons (Fsp3) is 0.379. The average Bonchev–Trinajstić information content (AvgIpc) is 2.86.